The zero-order chi connectivity index (χ0) is 21.0. The summed E-state index contributed by atoms with van der Waals surface area (Å²) in [6.07, 6.45) is 7.48. The van der Waals surface area contributed by atoms with Gasteiger partial charge in [-0.2, -0.15) is 12.7 Å². The van der Waals surface area contributed by atoms with Gasteiger partial charge in [0.05, 0.1) is 18.7 Å². The van der Waals surface area contributed by atoms with Crippen molar-refractivity contribution in [2.75, 3.05) is 13.1 Å². The van der Waals surface area contributed by atoms with Crippen molar-refractivity contribution in [2.24, 2.45) is 23.7 Å². The Morgan fingerprint density at radius 2 is 2.03 bits per heavy atom. The lowest BCUT2D eigenvalue weighted by Crippen LogP contribution is -2.58. The molecule has 1 aliphatic heterocycles. The zero-order valence-electron chi connectivity index (χ0n) is 17.2. The Hall–Kier alpha value is -1.03. The third kappa shape index (κ3) is 3.94. The van der Waals surface area contributed by atoms with E-state index in [0.29, 0.717) is 24.8 Å². The summed E-state index contributed by atoms with van der Waals surface area (Å²) in [6, 6.07) is -0.688. The number of fused-ring (bicyclic) bond motifs is 1. The van der Waals surface area contributed by atoms with Crippen molar-refractivity contribution < 1.29 is 22.7 Å². The Kier molecular flexibility index (Phi) is 5.44. The summed E-state index contributed by atoms with van der Waals surface area (Å²) in [4.78, 5) is 11.6. The van der Waals surface area contributed by atoms with Gasteiger partial charge in [0, 0.05) is 6.04 Å². The minimum Gasteiger partial charge on any atom is -0.391 e. The van der Waals surface area contributed by atoms with Crippen LogP contribution in [0.3, 0.4) is 0 Å². The van der Waals surface area contributed by atoms with Crippen LogP contribution in [0.4, 0.5) is 4.39 Å². The highest BCUT2D eigenvalue weighted by molar-refractivity contribution is 7.88. The number of carbonyl (C=O) groups is 1. The molecule has 0 aromatic heterocycles. The van der Waals surface area contributed by atoms with Crippen molar-refractivity contribution in [3.05, 3.63) is 11.6 Å². The summed E-state index contributed by atoms with van der Waals surface area (Å²) >= 11 is 0. The van der Waals surface area contributed by atoms with Gasteiger partial charge in [-0.1, -0.05) is 11.6 Å². The number of halogens is 1. The van der Waals surface area contributed by atoms with E-state index in [2.05, 4.69) is 11.4 Å². The van der Waals surface area contributed by atoms with Gasteiger partial charge in [-0.05, 0) is 81.6 Å². The van der Waals surface area contributed by atoms with Crippen LogP contribution >= 0.6 is 0 Å². The maximum Gasteiger partial charge on any atom is 0.304 e. The van der Waals surface area contributed by atoms with E-state index in [1.807, 2.05) is 4.72 Å². The smallest absolute Gasteiger partial charge is 0.304 e. The molecule has 7 nitrogen and oxygen atoms in total. The topological polar surface area (TPSA) is 98.7 Å². The Labute approximate surface area is 177 Å². The minimum atomic E-state index is -4.07. The van der Waals surface area contributed by atoms with Gasteiger partial charge in [0.1, 0.15) is 6.17 Å². The molecular weight excluding hydrogens is 409 g/mol. The number of hydrogen-bond acceptors (Lipinski definition) is 5. The first-order valence-corrected chi connectivity index (χ1v) is 12.8. The van der Waals surface area contributed by atoms with Gasteiger partial charge in [-0.15, -0.1) is 0 Å². The maximum absolute atomic E-state index is 15.7. The Morgan fingerprint density at radius 1 is 1.23 bits per heavy atom. The first kappa shape index (κ1) is 20.8. The van der Waals surface area contributed by atoms with Crippen LogP contribution in [0.5, 0.6) is 0 Å². The van der Waals surface area contributed by atoms with E-state index in [1.54, 1.807) is 0 Å². The second-order valence-corrected chi connectivity index (χ2v) is 11.6. The van der Waals surface area contributed by atoms with Crippen LogP contribution in [-0.2, 0) is 15.0 Å². The van der Waals surface area contributed by atoms with E-state index in [9.17, 15) is 18.3 Å². The molecule has 3 N–H and O–H groups in total. The normalized spacial score (nSPS) is 43.9. The summed E-state index contributed by atoms with van der Waals surface area (Å²) < 4.78 is 42.9. The molecular formula is C21H32FN3O4S. The highest BCUT2D eigenvalue weighted by Gasteiger charge is 2.54. The average molecular weight is 442 g/mol. The van der Waals surface area contributed by atoms with Gasteiger partial charge < -0.3 is 10.4 Å². The Morgan fingerprint density at radius 3 is 2.73 bits per heavy atom. The van der Waals surface area contributed by atoms with Gasteiger partial charge in [-0.25, -0.2) is 9.11 Å². The molecule has 5 rings (SSSR count). The van der Waals surface area contributed by atoms with Gasteiger partial charge in [0.15, 0.2) is 0 Å². The quantitative estimate of drug-likeness (QED) is 0.558. The van der Waals surface area contributed by atoms with Crippen molar-refractivity contribution in [1.82, 2.24) is 14.3 Å². The third-order valence-corrected chi connectivity index (χ3v) is 9.44. The third-order valence-electron chi connectivity index (χ3n) is 7.97. The van der Waals surface area contributed by atoms with Crippen LogP contribution in [0, 0.1) is 23.7 Å². The SMILES string of the molecule is O=C1CN(C2C(O)CC3CCC(C4=CCC(NCC5CC5)C4)CC3C2F)S(=O)(=O)N1. The molecule has 1 heterocycles. The maximum atomic E-state index is 15.7. The fourth-order valence-corrected chi connectivity index (χ4v) is 7.50. The van der Waals surface area contributed by atoms with Crippen molar-refractivity contribution >= 4 is 16.1 Å². The molecule has 7 atom stereocenters. The number of aliphatic hydroxyl groups excluding tert-OH is 1. The monoisotopic (exact) mass is 441 g/mol. The van der Waals surface area contributed by atoms with E-state index in [1.165, 1.54) is 18.4 Å². The fourth-order valence-electron chi connectivity index (χ4n) is 6.17. The van der Waals surface area contributed by atoms with Crippen molar-refractivity contribution in [3.63, 3.8) is 0 Å². The van der Waals surface area contributed by atoms with Gasteiger partial charge >= 0.3 is 10.2 Å². The Bertz CT molecular complexity index is 830. The number of carbonyl (C=O) groups excluding carboxylic acids is 1. The molecule has 30 heavy (non-hydrogen) atoms. The van der Waals surface area contributed by atoms with Crippen molar-refractivity contribution in [2.45, 2.75) is 75.7 Å². The largest absolute Gasteiger partial charge is 0.391 e. The lowest BCUT2D eigenvalue weighted by atomic mass is 9.63. The average Bonchev–Trinajstić information content (AvgIpc) is 3.33. The summed E-state index contributed by atoms with van der Waals surface area (Å²) in [7, 11) is -4.07. The fraction of sp³-hybridized carbons (Fsp3) is 0.857. The van der Waals surface area contributed by atoms with Crippen molar-refractivity contribution in [3.8, 4) is 0 Å². The highest BCUT2D eigenvalue weighted by atomic mass is 32.2. The molecule has 168 valence electrons. The second-order valence-electron chi connectivity index (χ2n) is 10.0. The number of amides is 1. The molecule has 0 radical (unpaired) electrons. The number of hydrogen-bond donors (Lipinski definition) is 3. The molecule has 7 unspecified atom stereocenters. The number of nitrogens with zero attached hydrogens (tertiary/aromatic N) is 1. The molecule has 1 amide bonds. The molecule has 5 aliphatic rings. The summed E-state index contributed by atoms with van der Waals surface area (Å²) in [6.45, 7) is 0.690. The lowest BCUT2D eigenvalue weighted by Gasteiger charge is -2.48. The lowest BCUT2D eigenvalue weighted by molar-refractivity contribution is -0.119. The summed E-state index contributed by atoms with van der Waals surface area (Å²) in [5, 5.41) is 14.2. The first-order valence-electron chi connectivity index (χ1n) is 11.4. The highest BCUT2D eigenvalue weighted by Crippen LogP contribution is 2.48. The van der Waals surface area contributed by atoms with Crippen LogP contribution in [-0.4, -0.2) is 61.2 Å². The van der Waals surface area contributed by atoms with E-state index < -0.39 is 41.0 Å². The molecule has 4 aliphatic carbocycles. The van der Waals surface area contributed by atoms with E-state index in [-0.39, 0.29) is 11.8 Å². The van der Waals surface area contributed by atoms with Crippen LogP contribution in [0.25, 0.3) is 0 Å². The van der Waals surface area contributed by atoms with Crippen LogP contribution in [0.15, 0.2) is 11.6 Å². The molecule has 0 aromatic carbocycles. The summed E-state index contributed by atoms with van der Waals surface area (Å²) in [5.41, 5.74) is 1.42. The molecule has 9 heteroatoms. The number of rotatable bonds is 5. The Balaban J connectivity index is 1.25. The molecule has 1 saturated heterocycles. The standard InChI is InChI=1S/C21H32FN3O4S/c22-20-17-8-14(13-5-6-16(7-13)23-10-12-1-2-12)3-4-15(17)9-18(26)21(20)25-11-19(27)24-30(25,28)29/h5,12,14-18,20-21,23,26H,1-4,6-11H2,(H,24,27). The molecule has 4 fully saturated rings. The van der Waals surface area contributed by atoms with Crippen LogP contribution in [0.2, 0.25) is 0 Å². The first-order chi connectivity index (χ1) is 14.3. The molecule has 0 aromatic rings. The zero-order valence-corrected chi connectivity index (χ0v) is 18.0. The summed E-state index contributed by atoms with van der Waals surface area (Å²) in [5.74, 6) is 0.317. The minimum absolute atomic E-state index is 0.0715. The predicted molar refractivity (Wildman–Crippen MR) is 109 cm³/mol. The van der Waals surface area contributed by atoms with Crippen molar-refractivity contribution in [1.29, 1.82) is 0 Å². The second kappa shape index (κ2) is 7.83. The molecule has 0 spiro atoms. The predicted octanol–water partition coefficient (Wildman–Crippen LogP) is 1.26. The van der Waals surface area contributed by atoms with Gasteiger partial charge in [0.25, 0.3) is 0 Å². The number of alkyl halides is 1. The van der Waals surface area contributed by atoms with E-state index >= 15 is 4.39 Å². The van der Waals surface area contributed by atoms with Crippen LogP contribution < -0.4 is 10.0 Å². The number of aliphatic hydroxyl groups is 1. The van der Waals surface area contributed by atoms with Gasteiger partial charge in [-0.3, -0.25) is 4.79 Å². The van der Waals surface area contributed by atoms with Crippen LogP contribution in [0.1, 0.15) is 51.4 Å². The number of nitrogens with one attached hydrogen (secondary N) is 2. The van der Waals surface area contributed by atoms with Gasteiger partial charge in [0.2, 0.25) is 5.91 Å². The molecule has 0 bridgehead atoms. The van der Waals surface area contributed by atoms with E-state index in [0.717, 1.165) is 42.5 Å². The molecule has 3 saturated carbocycles. The van der Waals surface area contributed by atoms with E-state index in [4.69, 9.17) is 0 Å².